The van der Waals surface area contributed by atoms with E-state index in [9.17, 15) is 24.0 Å². The fourth-order valence-electron chi connectivity index (χ4n) is 11.8. The van der Waals surface area contributed by atoms with Gasteiger partial charge in [0.2, 0.25) is 33.9 Å². The fraction of sp³-hybridized carbons (Fsp3) is 0.554. The van der Waals surface area contributed by atoms with Gasteiger partial charge in [-0.3, -0.25) is 29.8 Å². The van der Waals surface area contributed by atoms with Crippen molar-refractivity contribution in [3.05, 3.63) is 90.0 Å². The SMILES string of the molecule is CNC(C)NC(C(=O)N1CCCC1Cn1nnnc1Sc1ccccc1)C(C)OCC#Cc1cc(C#CCOC(C)C(NC(C)NC)C(=O)N2CCCC2Cn2nnnc2Sc2ccccc2)cc(NC(=O)CCCCCNC(=O)CCCC2SCC3NC(=O)NC32)c1. The van der Waals surface area contributed by atoms with Crippen LogP contribution in [-0.2, 0) is 41.7 Å². The largest absolute Gasteiger partial charge is 0.364 e. The molecule has 0 radical (unpaired) electrons. The lowest BCUT2D eigenvalue weighted by atomic mass is 10.0. The number of tetrazole rings is 2. The van der Waals surface area contributed by atoms with E-state index < -0.39 is 24.3 Å². The highest BCUT2D eigenvalue weighted by Crippen LogP contribution is 2.34. The van der Waals surface area contributed by atoms with Crippen molar-refractivity contribution in [1.82, 2.24) is 87.4 Å². The Morgan fingerprint density at radius 1 is 0.677 bits per heavy atom. The molecule has 8 N–H and O–H groups in total. The molecule has 93 heavy (non-hydrogen) atoms. The van der Waals surface area contributed by atoms with Crippen molar-refractivity contribution >= 4 is 70.6 Å². The number of urea groups is 1. The summed E-state index contributed by atoms with van der Waals surface area (Å²) in [6.07, 6.45) is 6.12. The van der Waals surface area contributed by atoms with Gasteiger partial charge in [-0.05, 0) is 180 Å². The number of amides is 6. The summed E-state index contributed by atoms with van der Waals surface area (Å²) in [6, 6.07) is 23.8. The van der Waals surface area contributed by atoms with E-state index in [1.807, 2.05) is 130 Å². The van der Waals surface area contributed by atoms with E-state index >= 15 is 0 Å². The number of hydrogen-bond acceptors (Lipinski definition) is 20. The molecule has 4 aliphatic rings. The number of carbonyl (C=O) groups is 5. The molecule has 0 spiro atoms. The number of likely N-dealkylation sites (tertiary alicyclic amines) is 2. The Kier molecular flexibility index (Phi) is 27.1. The molecule has 6 amide bonds. The Bertz CT molecular complexity index is 3210. The van der Waals surface area contributed by atoms with Crippen LogP contribution in [-0.4, -0.2) is 199 Å². The van der Waals surface area contributed by atoms with Gasteiger partial charge in [-0.2, -0.15) is 11.8 Å². The first-order chi connectivity index (χ1) is 45.2. The van der Waals surface area contributed by atoms with E-state index in [1.165, 1.54) is 23.5 Å². The van der Waals surface area contributed by atoms with Crippen molar-refractivity contribution in [2.45, 2.75) is 198 Å². The Morgan fingerprint density at radius 2 is 1.20 bits per heavy atom. The number of benzene rings is 3. The molecule has 4 aliphatic heterocycles. The van der Waals surface area contributed by atoms with Gasteiger partial charge in [0, 0.05) is 70.1 Å². The van der Waals surface area contributed by atoms with Crippen LogP contribution in [0.15, 0.2) is 99.0 Å². The number of aromatic nitrogens is 8. The summed E-state index contributed by atoms with van der Waals surface area (Å²) < 4.78 is 16.2. The zero-order chi connectivity index (χ0) is 65.5. The van der Waals surface area contributed by atoms with E-state index in [-0.39, 0.29) is 85.8 Å². The van der Waals surface area contributed by atoms with E-state index in [1.54, 1.807) is 21.5 Å². The van der Waals surface area contributed by atoms with Crippen molar-refractivity contribution in [2.75, 3.05) is 58.0 Å². The molecule has 0 bridgehead atoms. The lowest BCUT2D eigenvalue weighted by Gasteiger charge is -2.33. The van der Waals surface area contributed by atoms with Gasteiger partial charge in [-0.25, -0.2) is 14.2 Å². The average molecular weight is 1330 g/mol. The van der Waals surface area contributed by atoms with Gasteiger partial charge in [-0.1, -0.05) is 66.5 Å². The van der Waals surface area contributed by atoms with Crippen molar-refractivity contribution in [2.24, 2.45) is 0 Å². The Balaban J connectivity index is 0.821. The first kappa shape index (κ1) is 70.2. The number of rotatable bonds is 33. The standard InChI is InChI=1S/C65H88N18O7S3/c1-43(58(69-45(3)66-5)61(86)80-33-17-23-50(80)40-82-64(74-76-78-82)92-52-25-10-7-11-26-52)89-35-19-21-47-37-48(39-49(38-47)71-57(85)30-14-9-15-32-68-56(84)31-16-29-55-60-54(42-91-55)72-63(88)73-60)22-20-36-90-44(2)59(70-46(4)67-6)62(87)81-34-18-24-51(81)41-83-65(75-77-79-83)93-53-27-12-8-13-28-53/h7-8,10-13,25-28,37-39,43-46,50-51,54-55,58-60,66-67,69-70H,9,14-18,23-24,29-36,40-42H2,1-6H3,(H,68,84)(H,71,85)(H2,72,73,88). The topological polar surface area (TPSA) is 294 Å². The second-order valence-corrected chi connectivity index (χ2v) is 27.1. The van der Waals surface area contributed by atoms with Gasteiger partial charge in [0.25, 0.3) is 0 Å². The van der Waals surface area contributed by atoms with E-state index in [0.717, 1.165) is 66.9 Å². The summed E-state index contributed by atoms with van der Waals surface area (Å²) in [5.41, 5.74) is 1.67. The molecule has 2 aromatic heterocycles. The van der Waals surface area contributed by atoms with Crippen LogP contribution >= 0.6 is 35.3 Å². The third-order valence-electron chi connectivity index (χ3n) is 16.9. The number of anilines is 1. The second kappa shape index (κ2) is 36.0. The number of hydrogen-bond donors (Lipinski definition) is 8. The zero-order valence-corrected chi connectivity index (χ0v) is 56.3. The molecule has 3 aromatic carbocycles. The first-order valence-electron chi connectivity index (χ1n) is 32.3. The van der Waals surface area contributed by atoms with Gasteiger partial charge < -0.3 is 51.2 Å². The van der Waals surface area contributed by atoms with E-state index in [0.29, 0.717) is 77.9 Å². The molecule has 0 saturated carbocycles. The van der Waals surface area contributed by atoms with Crippen LogP contribution in [0.2, 0.25) is 0 Å². The number of nitrogens with zero attached hydrogens (tertiary/aromatic N) is 10. The minimum atomic E-state index is -0.706. The van der Waals surface area contributed by atoms with Crippen LogP contribution in [0.5, 0.6) is 0 Å². The lowest BCUT2D eigenvalue weighted by Crippen LogP contribution is -2.58. The quantitative estimate of drug-likeness (QED) is 0.0120. The van der Waals surface area contributed by atoms with Crippen molar-refractivity contribution in [1.29, 1.82) is 0 Å². The molecular formula is C65H88N18O7S3. The fourth-order valence-corrected chi connectivity index (χ4v) is 14.9. The van der Waals surface area contributed by atoms with Gasteiger partial charge >= 0.3 is 6.03 Å². The van der Waals surface area contributed by atoms with E-state index in [4.69, 9.17) is 9.47 Å². The first-order valence-corrected chi connectivity index (χ1v) is 35.0. The molecule has 0 aliphatic carbocycles. The van der Waals surface area contributed by atoms with E-state index in [2.05, 4.69) is 97.3 Å². The predicted octanol–water partition coefficient (Wildman–Crippen LogP) is 4.86. The molecule has 5 aromatic rings. The molecule has 4 saturated heterocycles. The van der Waals surface area contributed by atoms with Crippen LogP contribution in [0, 0.1) is 23.7 Å². The van der Waals surface area contributed by atoms with Crippen molar-refractivity contribution in [3.63, 3.8) is 0 Å². The summed E-state index contributed by atoms with van der Waals surface area (Å²) >= 11 is 4.80. The Hall–Kier alpha value is -7.12. The molecule has 25 nitrogen and oxygen atoms in total. The number of nitrogens with one attached hydrogen (secondary N) is 8. The molecular weight excluding hydrogens is 1240 g/mol. The number of thioether (sulfide) groups is 1. The predicted molar refractivity (Wildman–Crippen MR) is 358 cm³/mol. The van der Waals surface area contributed by atoms with Crippen molar-refractivity contribution < 1.29 is 33.4 Å². The van der Waals surface area contributed by atoms with Crippen LogP contribution in [0.1, 0.15) is 109 Å². The summed E-state index contributed by atoms with van der Waals surface area (Å²) in [4.78, 5) is 72.9. The highest BCUT2D eigenvalue weighted by atomic mass is 32.2. The van der Waals surface area contributed by atoms with Crippen LogP contribution in [0.4, 0.5) is 10.5 Å². The number of unbranched alkanes of at least 4 members (excludes halogenated alkanes) is 2. The summed E-state index contributed by atoms with van der Waals surface area (Å²) in [7, 11) is 3.65. The third kappa shape index (κ3) is 20.9. The molecule has 6 heterocycles. The Morgan fingerprint density at radius 3 is 1.73 bits per heavy atom. The number of carbonyl (C=O) groups excluding carboxylic acids is 5. The minimum absolute atomic E-state index is 0.00197. The summed E-state index contributed by atoms with van der Waals surface area (Å²) in [5.74, 6) is 13.3. The Labute approximate surface area is 557 Å². The molecule has 28 heteroatoms. The maximum Gasteiger partial charge on any atom is 0.315 e. The minimum Gasteiger partial charge on any atom is -0.364 e. The van der Waals surface area contributed by atoms with Crippen LogP contribution in [0.3, 0.4) is 0 Å². The van der Waals surface area contributed by atoms with Gasteiger partial charge in [-0.15, -0.1) is 10.2 Å². The molecule has 4 fully saturated rings. The van der Waals surface area contributed by atoms with Gasteiger partial charge in [0.05, 0.1) is 61.8 Å². The van der Waals surface area contributed by atoms with Gasteiger partial charge in [0.15, 0.2) is 0 Å². The second-order valence-electron chi connectivity index (χ2n) is 23.7. The molecule has 11 atom stereocenters. The summed E-state index contributed by atoms with van der Waals surface area (Å²) in [5, 5.41) is 52.0. The molecule has 9 rings (SSSR count). The third-order valence-corrected chi connectivity index (χ3v) is 20.4. The van der Waals surface area contributed by atoms with Crippen molar-refractivity contribution in [3.8, 4) is 23.7 Å². The number of ether oxygens (including phenoxy) is 2. The van der Waals surface area contributed by atoms with Crippen LogP contribution in [0.25, 0.3) is 0 Å². The summed E-state index contributed by atoms with van der Waals surface area (Å²) in [6.45, 7) is 10.2. The molecule has 498 valence electrons. The average Bonchev–Trinajstić information content (AvgIpc) is 1.75. The normalized spacial score (nSPS) is 20.2. The maximum absolute atomic E-state index is 14.6. The maximum atomic E-state index is 14.6. The van der Waals surface area contributed by atoms with Gasteiger partial charge in [0.1, 0.15) is 25.3 Å². The van der Waals surface area contributed by atoms with Crippen LogP contribution < -0.4 is 42.5 Å². The lowest BCUT2D eigenvalue weighted by molar-refractivity contribution is -0.139. The molecule has 11 unspecified atom stereocenters. The monoisotopic (exact) mass is 1330 g/mol. The number of fused-ring (bicyclic) bond motifs is 1. The highest BCUT2D eigenvalue weighted by molar-refractivity contribution is 8.00. The highest BCUT2D eigenvalue weighted by Gasteiger charge is 2.43. The smallest absolute Gasteiger partial charge is 0.315 e. The zero-order valence-electron chi connectivity index (χ0n) is 53.8.